The van der Waals surface area contributed by atoms with Crippen molar-refractivity contribution < 1.29 is 4.39 Å². The van der Waals surface area contributed by atoms with Gasteiger partial charge in [-0.1, -0.05) is 18.2 Å². The molecule has 1 aromatic carbocycles. The third-order valence-electron chi connectivity index (χ3n) is 4.48. The van der Waals surface area contributed by atoms with Crippen LogP contribution in [0.1, 0.15) is 41.6 Å². The molecule has 0 saturated carbocycles. The summed E-state index contributed by atoms with van der Waals surface area (Å²) < 4.78 is 13.8. The second-order valence-corrected chi connectivity index (χ2v) is 5.89. The highest BCUT2D eigenvalue weighted by Gasteiger charge is 2.38. The Morgan fingerprint density at radius 2 is 2.15 bits per heavy atom. The summed E-state index contributed by atoms with van der Waals surface area (Å²) in [5.74, 6) is -0.0563. The van der Waals surface area contributed by atoms with Gasteiger partial charge in [-0.3, -0.25) is 4.98 Å². The molecule has 0 amide bonds. The predicted molar refractivity (Wildman–Crippen MR) is 78.0 cm³/mol. The Morgan fingerprint density at radius 3 is 2.90 bits per heavy atom. The molecular weight excluding hydrogens is 251 g/mol. The average molecular weight is 270 g/mol. The van der Waals surface area contributed by atoms with Gasteiger partial charge in [0.1, 0.15) is 5.82 Å². The first-order valence-electron chi connectivity index (χ1n) is 6.99. The summed E-state index contributed by atoms with van der Waals surface area (Å²) in [6.45, 7) is 3.74. The number of fused-ring (bicyclic) bond motifs is 1. The van der Waals surface area contributed by atoms with E-state index in [4.69, 9.17) is 5.73 Å². The molecule has 2 unspecified atom stereocenters. The van der Waals surface area contributed by atoms with Crippen molar-refractivity contribution in [2.24, 2.45) is 5.73 Å². The van der Waals surface area contributed by atoms with Crippen LogP contribution in [0.25, 0.3) is 0 Å². The highest BCUT2D eigenvalue weighted by atomic mass is 19.1. The highest BCUT2D eigenvalue weighted by Crippen LogP contribution is 2.43. The summed E-state index contributed by atoms with van der Waals surface area (Å²) in [5.41, 5.74) is 9.79. The monoisotopic (exact) mass is 270 g/mol. The Labute approximate surface area is 118 Å². The van der Waals surface area contributed by atoms with E-state index in [0.29, 0.717) is 5.56 Å². The molecule has 2 nitrogen and oxygen atoms in total. The summed E-state index contributed by atoms with van der Waals surface area (Å²) >= 11 is 0. The molecule has 0 aliphatic heterocycles. The molecule has 104 valence electrons. The lowest BCUT2D eigenvalue weighted by molar-refractivity contribution is 0.379. The van der Waals surface area contributed by atoms with Crippen molar-refractivity contribution >= 4 is 0 Å². The first-order chi connectivity index (χ1) is 9.50. The van der Waals surface area contributed by atoms with Gasteiger partial charge in [-0.2, -0.15) is 0 Å². The third kappa shape index (κ3) is 2.02. The number of benzene rings is 1. The zero-order valence-corrected chi connectivity index (χ0v) is 11.9. The van der Waals surface area contributed by atoms with Crippen LogP contribution in [0.2, 0.25) is 0 Å². The average Bonchev–Trinajstić information content (AvgIpc) is 2.86. The molecule has 1 heterocycles. The van der Waals surface area contributed by atoms with E-state index in [9.17, 15) is 4.39 Å². The van der Waals surface area contributed by atoms with Crippen LogP contribution in [0.5, 0.6) is 0 Å². The van der Waals surface area contributed by atoms with E-state index in [2.05, 4.69) is 11.1 Å². The van der Waals surface area contributed by atoms with Gasteiger partial charge in [-0.25, -0.2) is 4.39 Å². The van der Waals surface area contributed by atoms with E-state index in [1.165, 1.54) is 5.56 Å². The molecule has 2 N–H and O–H groups in total. The number of rotatable bonds is 2. The van der Waals surface area contributed by atoms with Gasteiger partial charge >= 0.3 is 0 Å². The van der Waals surface area contributed by atoms with Crippen molar-refractivity contribution in [2.45, 2.75) is 38.1 Å². The fourth-order valence-corrected chi connectivity index (χ4v) is 3.13. The zero-order chi connectivity index (χ0) is 14.3. The van der Waals surface area contributed by atoms with E-state index in [1.54, 1.807) is 19.1 Å². The molecule has 1 aliphatic rings. The number of nitrogens with two attached hydrogens (primary N) is 1. The number of aryl methyl sites for hydroxylation is 2. The normalized spacial score (nSPS) is 20.5. The lowest BCUT2D eigenvalue weighted by Crippen LogP contribution is -2.39. The Hall–Kier alpha value is -1.74. The summed E-state index contributed by atoms with van der Waals surface area (Å²) in [4.78, 5) is 4.50. The minimum Gasteiger partial charge on any atom is -0.321 e. The molecule has 0 spiro atoms. The first-order valence-corrected chi connectivity index (χ1v) is 6.99. The van der Waals surface area contributed by atoms with Crippen LogP contribution in [-0.4, -0.2) is 4.98 Å². The summed E-state index contributed by atoms with van der Waals surface area (Å²) in [6, 6.07) is 9.36. The minimum atomic E-state index is -0.603. The summed E-state index contributed by atoms with van der Waals surface area (Å²) in [5, 5.41) is 0. The fourth-order valence-electron chi connectivity index (χ4n) is 3.13. The van der Waals surface area contributed by atoms with Crippen molar-refractivity contribution in [3.05, 3.63) is 64.7 Å². The summed E-state index contributed by atoms with van der Waals surface area (Å²) in [7, 11) is 0. The molecule has 0 bridgehead atoms. The number of hydrogen-bond donors (Lipinski definition) is 1. The van der Waals surface area contributed by atoms with Gasteiger partial charge in [-0.05, 0) is 55.5 Å². The van der Waals surface area contributed by atoms with E-state index >= 15 is 0 Å². The maximum Gasteiger partial charge on any atom is 0.126 e. The van der Waals surface area contributed by atoms with Crippen molar-refractivity contribution in [3.63, 3.8) is 0 Å². The Bertz CT molecular complexity index is 649. The maximum atomic E-state index is 13.8. The van der Waals surface area contributed by atoms with Crippen molar-refractivity contribution in [1.29, 1.82) is 0 Å². The topological polar surface area (TPSA) is 38.9 Å². The first kappa shape index (κ1) is 13.3. The maximum absolute atomic E-state index is 13.8. The van der Waals surface area contributed by atoms with E-state index < -0.39 is 5.54 Å². The lowest BCUT2D eigenvalue weighted by atomic mass is 9.78. The quantitative estimate of drug-likeness (QED) is 0.908. The number of aromatic nitrogens is 1. The van der Waals surface area contributed by atoms with Crippen molar-refractivity contribution in [3.8, 4) is 0 Å². The van der Waals surface area contributed by atoms with Crippen molar-refractivity contribution in [1.82, 2.24) is 4.98 Å². The number of halogens is 1. The second kappa shape index (κ2) is 4.67. The number of hydrogen-bond acceptors (Lipinski definition) is 2. The van der Waals surface area contributed by atoms with Crippen LogP contribution in [0.4, 0.5) is 4.39 Å². The molecule has 3 heteroatoms. The Kier molecular flexibility index (Phi) is 3.09. The van der Waals surface area contributed by atoms with Crippen molar-refractivity contribution in [2.75, 3.05) is 0 Å². The van der Waals surface area contributed by atoms with Gasteiger partial charge < -0.3 is 5.73 Å². The van der Waals surface area contributed by atoms with Crippen LogP contribution >= 0.6 is 0 Å². The van der Waals surface area contributed by atoms with Gasteiger partial charge in [0.05, 0.1) is 0 Å². The van der Waals surface area contributed by atoms with E-state index in [1.807, 2.05) is 25.3 Å². The second-order valence-electron chi connectivity index (χ2n) is 5.89. The zero-order valence-electron chi connectivity index (χ0n) is 11.9. The molecular formula is C17H19FN2. The van der Waals surface area contributed by atoms with Gasteiger partial charge in [0, 0.05) is 23.3 Å². The molecule has 2 aromatic rings. The van der Waals surface area contributed by atoms with Gasteiger partial charge in [0.25, 0.3) is 0 Å². The molecule has 1 aromatic heterocycles. The van der Waals surface area contributed by atoms with Gasteiger partial charge in [0.15, 0.2) is 0 Å². The lowest BCUT2D eigenvalue weighted by Gasteiger charge is -2.32. The molecule has 0 fully saturated rings. The fraction of sp³-hybridized carbons (Fsp3) is 0.353. The minimum absolute atomic E-state index is 0.140. The van der Waals surface area contributed by atoms with Gasteiger partial charge in [-0.15, -0.1) is 0 Å². The van der Waals surface area contributed by atoms with E-state index in [0.717, 1.165) is 24.1 Å². The summed E-state index contributed by atoms with van der Waals surface area (Å²) in [6.07, 6.45) is 3.77. The van der Waals surface area contributed by atoms with Crippen LogP contribution < -0.4 is 5.73 Å². The molecule has 2 atom stereocenters. The molecule has 0 radical (unpaired) electrons. The largest absolute Gasteiger partial charge is 0.321 e. The standard InChI is InChI=1S/C17H19FN2/c1-11-5-7-13(10-15(11)18)17(2,19)14-8-6-12-4-3-9-20-16(12)14/h3-5,7,9-10,14H,6,8,19H2,1-2H3. The SMILES string of the molecule is Cc1ccc(C(C)(N)C2CCc3cccnc32)cc1F. The number of nitrogens with zero attached hydrogens (tertiary/aromatic N) is 1. The van der Waals surface area contributed by atoms with E-state index in [-0.39, 0.29) is 11.7 Å². The third-order valence-corrected chi connectivity index (χ3v) is 4.48. The van der Waals surface area contributed by atoms with Crippen LogP contribution in [0.3, 0.4) is 0 Å². The Morgan fingerprint density at radius 1 is 1.35 bits per heavy atom. The highest BCUT2D eigenvalue weighted by molar-refractivity contribution is 5.37. The van der Waals surface area contributed by atoms with Gasteiger partial charge in [0.2, 0.25) is 0 Å². The molecule has 3 rings (SSSR count). The predicted octanol–water partition coefficient (Wildman–Crippen LogP) is 3.43. The number of pyridine rings is 1. The van der Waals surface area contributed by atoms with Crippen LogP contribution in [0.15, 0.2) is 36.5 Å². The smallest absolute Gasteiger partial charge is 0.126 e. The molecule has 20 heavy (non-hydrogen) atoms. The molecule has 0 saturated heterocycles. The Balaban J connectivity index is 2.02. The van der Waals surface area contributed by atoms with Crippen LogP contribution in [-0.2, 0) is 12.0 Å². The van der Waals surface area contributed by atoms with Crippen LogP contribution in [0, 0.1) is 12.7 Å². The molecule has 1 aliphatic carbocycles.